The Hall–Kier alpha value is -1.86. The average Bonchev–Trinajstić information content (AvgIpc) is 3.46. The molecule has 1 aliphatic heterocycles. The SMILES string of the molecule is CCCC/C=C\CCCCCCCC(=O)OC1C(OCC(NC(=O)C(O)CCCCCCCCCCCCCCCCCCCCCCCCCCCC)C(O)/C=C/CCCCCCCCCCCCC)OC(CO)C(O)C1O. The Kier molecular flexibility index (Phi) is 53.9. The largest absolute Gasteiger partial charge is 0.454 e. The molecule has 79 heavy (non-hydrogen) atoms. The van der Waals surface area contributed by atoms with Crippen molar-refractivity contribution in [3.63, 3.8) is 0 Å². The van der Waals surface area contributed by atoms with Crippen molar-refractivity contribution in [1.82, 2.24) is 5.32 Å². The fraction of sp³-hybridized carbons (Fsp3) is 0.912. The van der Waals surface area contributed by atoms with Crippen LogP contribution in [-0.2, 0) is 23.8 Å². The Labute approximate surface area is 486 Å². The number of hydrogen-bond donors (Lipinski definition) is 6. The Morgan fingerprint density at radius 1 is 0.481 bits per heavy atom. The third-order valence-electron chi connectivity index (χ3n) is 16.4. The Bertz CT molecular complexity index is 1380. The van der Waals surface area contributed by atoms with E-state index < -0.39 is 67.4 Å². The van der Waals surface area contributed by atoms with Crippen molar-refractivity contribution in [2.45, 2.75) is 384 Å². The van der Waals surface area contributed by atoms with E-state index in [2.05, 4.69) is 38.2 Å². The first kappa shape index (κ1) is 75.2. The Balaban J connectivity index is 2.54. The number of ether oxygens (including phenoxy) is 3. The summed E-state index contributed by atoms with van der Waals surface area (Å²) in [7, 11) is 0. The number of unbranched alkanes of at least 4 members (excludes halogenated alkanes) is 43. The molecule has 1 fully saturated rings. The van der Waals surface area contributed by atoms with Crippen LogP contribution in [0.1, 0.15) is 335 Å². The monoisotopic (exact) mass is 1120 g/mol. The van der Waals surface area contributed by atoms with Crippen LogP contribution in [0.15, 0.2) is 24.3 Å². The lowest BCUT2D eigenvalue weighted by molar-refractivity contribution is -0.305. The van der Waals surface area contributed by atoms with Crippen LogP contribution < -0.4 is 5.32 Å². The van der Waals surface area contributed by atoms with Crippen molar-refractivity contribution in [1.29, 1.82) is 0 Å². The maximum atomic E-state index is 13.5. The molecule has 0 aromatic rings. The van der Waals surface area contributed by atoms with Crippen LogP contribution in [0.3, 0.4) is 0 Å². The maximum Gasteiger partial charge on any atom is 0.306 e. The number of carbonyl (C=O) groups is 2. The van der Waals surface area contributed by atoms with Crippen LogP contribution in [0, 0.1) is 0 Å². The molecule has 0 spiro atoms. The van der Waals surface area contributed by atoms with Gasteiger partial charge in [-0.15, -0.1) is 0 Å². The zero-order valence-electron chi connectivity index (χ0n) is 51.8. The molecule has 0 saturated carbocycles. The second-order valence-corrected chi connectivity index (χ2v) is 23.9. The van der Waals surface area contributed by atoms with Gasteiger partial charge in [0.1, 0.15) is 24.4 Å². The summed E-state index contributed by atoms with van der Waals surface area (Å²) in [4.78, 5) is 26.5. The molecule has 1 aliphatic rings. The third kappa shape index (κ3) is 44.4. The molecular formula is C68H129NO10. The second-order valence-electron chi connectivity index (χ2n) is 23.9. The van der Waals surface area contributed by atoms with Crippen LogP contribution in [0.5, 0.6) is 0 Å². The number of nitrogens with one attached hydrogen (secondary N) is 1. The topological polar surface area (TPSA) is 175 Å². The lowest BCUT2D eigenvalue weighted by Gasteiger charge is -2.41. The predicted octanol–water partition coefficient (Wildman–Crippen LogP) is 16.8. The standard InChI is InChI=1S/C68H129NO10/c1-4-7-10-13-16-19-22-24-25-26-27-28-29-30-31-32-33-34-35-36-38-41-43-46-49-52-55-61(72)67(76)69-59(60(71)54-51-48-45-42-40-37-23-20-17-14-11-8-5-2)58-77-68-66(65(75)64(74)62(57-70)78-68)79-63(73)56-53-50-47-44-39-21-18-15-12-9-6-3/h15,18,51,54,59-62,64-66,68,70-72,74-75H,4-14,16-17,19-50,52-53,55-58H2,1-3H3,(H,69,76)/b18-15-,54-51+. The molecule has 0 radical (unpaired) electrons. The number of amides is 1. The van der Waals surface area contributed by atoms with E-state index in [1.165, 1.54) is 212 Å². The first-order valence-electron chi connectivity index (χ1n) is 34.1. The summed E-state index contributed by atoms with van der Waals surface area (Å²) >= 11 is 0. The molecule has 1 rings (SSSR count). The van der Waals surface area contributed by atoms with Crippen molar-refractivity contribution < 1.29 is 49.3 Å². The van der Waals surface area contributed by atoms with Crippen molar-refractivity contribution in [3.8, 4) is 0 Å². The van der Waals surface area contributed by atoms with Crippen molar-refractivity contribution in [2.24, 2.45) is 0 Å². The van der Waals surface area contributed by atoms with Gasteiger partial charge in [0, 0.05) is 6.42 Å². The van der Waals surface area contributed by atoms with Crippen LogP contribution in [-0.4, -0.2) is 99.6 Å². The number of rotatable bonds is 59. The fourth-order valence-electron chi connectivity index (χ4n) is 10.9. The molecule has 1 heterocycles. The molecule has 466 valence electrons. The number of hydrogen-bond acceptors (Lipinski definition) is 10. The van der Waals surface area contributed by atoms with Gasteiger partial charge in [0.05, 0.1) is 25.4 Å². The lowest BCUT2D eigenvalue weighted by atomic mass is 9.99. The summed E-state index contributed by atoms with van der Waals surface area (Å²) in [5.41, 5.74) is 0. The van der Waals surface area contributed by atoms with E-state index in [9.17, 15) is 35.1 Å². The van der Waals surface area contributed by atoms with Gasteiger partial charge in [0.2, 0.25) is 5.91 Å². The summed E-state index contributed by atoms with van der Waals surface area (Å²) in [6.07, 6.45) is 56.7. The van der Waals surface area contributed by atoms with Crippen molar-refractivity contribution in [3.05, 3.63) is 24.3 Å². The number of aliphatic hydroxyl groups excluding tert-OH is 5. The van der Waals surface area contributed by atoms with E-state index in [0.717, 1.165) is 77.0 Å². The van der Waals surface area contributed by atoms with Gasteiger partial charge in [-0.05, 0) is 44.9 Å². The van der Waals surface area contributed by atoms with Gasteiger partial charge in [-0.25, -0.2) is 0 Å². The Morgan fingerprint density at radius 3 is 1.27 bits per heavy atom. The van der Waals surface area contributed by atoms with Gasteiger partial charge in [-0.3, -0.25) is 9.59 Å². The highest BCUT2D eigenvalue weighted by Gasteiger charge is 2.47. The molecule has 0 aromatic carbocycles. The molecule has 8 unspecified atom stereocenters. The minimum atomic E-state index is -1.61. The number of aliphatic hydroxyl groups is 5. The van der Waals surface area contributed by atoms with Gasteiger partial charge in [-0.2, -0.15) is 0 Å². The van der Waals surface area contributed by atoms with Gasteiger partial charge in [0.15, 0.2) is 12.4 Å². The van der Waals surface area contributed by atoms with E-state index in [0.29, 0.717) is 19.3 Å². The minimum absolute atomic E-state index is 0.116. The zero-order chi connectivity index (χ0) is 57.5. The van der Waals surface area contributed by atoms with E-state index in [1.807, 2.05) is 6.08 Å². The van der Waals surface area contributed by atoms with E-state index in [-0.39, 0.29) is 13.0 Å². The third-order valence-corrected chi connectivity index (χ3v) is 16.4. The minimum Gasteiger partial charge on any atom is -0.454 e. The molecule has 8 atom stereocenters. The summed E-state index contributed by atoms with van der Waals surface area (Å²) in [6.45, 7) is 5.78. The predicted molar refractivity (Wildman–Crippen MR) is 329 cm³/mol. The fourth-order valence-corrected chi connectivity index (χ4v) is 10.9. The first-order valence-corrected chi connectivity index (χ1v) is 34.1. The van der Waals surface area contributed by atoms with Gasteiger partial charge in [0.25, 0.3) is 0 Å². The van der Waals surface area contributed by atoms with E-state index in [1.54, 1.807) is 6.08 Å². The zero-order valence-corrected chi connectivity index (χ0v) is 51.8. The smallest absolute Gasteiger partial charge is 0.306 e. The highest BCUT2D eigenvalue weighted by molar-refractivity contribution is 5.80. The Morgan fingerprint density at radius 2 is 0.848 bits per heavy atom. The highest BCUT2D eigenvalue weighted by atomic mass is 16.7. The van der Waals surface area contributed by atoms with Crippen molar-refractivity contribution >= 4 is 11.9 Å². The number of allylic oxidation sites excluding steroid dienone is 3. The summed E-state index contributed by atoms with van der Waals surface area (Å²) in [5, 5.41) is 57.0. The number of esters is 1. The van der Waals surface area contributed by atoms with Gasteiger partial charge >= 0.3 is 5.97 Å². The molecule has 1 saturated heterocycles. The van der Waals surface area contributed by atoms with Crippen LogP contribution in [0.25, 0.3) is 0 Å². The summed E-state index contributed by atoms with van der Waals surface area (Å²) in [5.74, 6) is -1.19. The second kappa shape index (κ2) is 56.6. The molecule has 6 N–H and O–H groups in total. The van der Waals surface area contributed by atoms with Crippen molar-refractivity contribution in [2.75, 3.05) is 13.2 Å². The summed E-state index contributed by atoms with van der Waals surface area (Å²) in [6, 6.07) is -1.02. The lowest BCUT2D eigenvalue weighted by Crippen LogP contribution is -2.61. The first-order chi connectivity index (χ1) is 38.7. The van der Waals surface area contributed by atoms with Crippen LogP contribution in [0.4, 0.5) is 0 Å². The van der Waals surface area contributed by atoms with Crippen LogP contribution >= 0.6 is 0 Å². The average molecular weight is 1120 g/mol. The molecule has 0 aliphatic carbocycles. The van der Waals surface area contributed by atoms with E-state index in [4.69, 9.17) is 14.2 Å². The number of carbonyl (C=O) groups excluding carboxylic acids is 2. The van der Waals surface area contributed by atoms with Gasteiger partial charge < -0.3 is 45.1 Å². The molecular weight excluding hydrogens is 991 g/mol. The highest BCUT2D eigenvalue weighted by Crippen LogP contribution is 2.26. The quantitative estimate of drug-likeness (QED) is 0.0195. The normalized spacial score (nSPS) is 18.9. The van der Waals surface area contributed by atoms with E-state index >= 15 is 0 Å². The summed E-state index contributed by atoms with van der Waals surface area (Å²) < 4.78 is 17.6. The maximum absolute atomic E-state index is 13.5. The molecule has 0 aromatic heterocycles. The van der Waals surface area contributed by atoms with Crippen LogP contribution in [0.2, 0.25) is 0 Å². The molecule has 0 bridgehead atoms. The van der Waals surface area contributed by atoms with Gasteiger partial charge in [-0.1, -0.05) is 308 Å². The molecule has 1 amide bonds. The molecule has 11 heteroatoms. The molecule has 11 nitrogen and oxygen atoms in total.